The van der Waals surface area contributed by atoms with Crippen LogP contribution in [0.4, 0.5) is 11.4 Å². The van der Waals surface area contributed by atoms with E-state index in [0.717, 1.165) is 16.6 Å². The number of aliphatic imine (C=N–C) groups is 1. The lowest BCUT2D eigenvalue weighted by Crippen LogP contribution is -2.41. The Hall–Kier alpha value is -3.75. The predicted octanol–water partition coefficient (Wildman–Crippen LogP) is 4.63. The average Bonchev–Trinajstić information content (AvgIpc) is 3.32. The van der Waals surface area contributed by atoms with Gasteiger partial charge in [-0.05, 0) is 74.6 Å². The number of fused-ring (bicyclic) bond motifs is 1. The smallest absolute Gasteiger partial charge is 0.465 e. The molecule has 1 atom stereocenters. The maximum absolute atomic E-state index is 13.3. The van der Waals surface area contributed by atoms with E-state index in [2.05, 4.69) is 5.32 Å². The number of hydrogen-bond acceptors (Lipinski definition) is 6. The summed E-state index contributed by atoms with van der Waals surface area (Å²) < 4.78 is 17.2. The maximum Gasteiger partial charge on any atom is 0.494 e. The van der Waals surface area contributed by atoms with E-state index < -0.39 is 30.2 Å². The first-order valence-corrected chi connectivity index (χ1v) is 12.2. The summed E-state index contributed by atoms with van der Waals surface area (Å²) >= 11 is 0. The highest BCUT2D eigenvalue weighted by Crippen LogP contribution is 2.39. The number of anilines is 1. The zero-order chi connectivity index (χ0) is 26.4. The van der Waals surface area contributed by atoms with Crippen LogP contribution in [-0.4, -0.2) is 43.0 Å². The highest BCUT2D eigenvalue weighted by Gasteiger charge is 2.52. The molecule has 8 heteroatoms. The second kappa shape index (κ2) is 9.28. The number of carbonyl (C=O) groups excluding carboxylic acids is 2. The fraction of sp³-hybridized carbons (Fsp3) is 0.276. The molecular weight excluding hydrogens is 467 g/mol. The largest absolute Gasteiger partial charge is 0.494 e. The van der Waals surface area contributed by atoms with E-state index in [1.54, 1.807) is 24.3 Å². The molecule has 1 fully saturated rings. The fourth-order valence-electron chi connectivity index (χ4n) is 4.51. The summed E-state index contributed by atoms with van der Waals surface area (Å²) in [4.78, 5) is 30.0. The summed E-state index contributed by atoms with van der Waals surface area (Å²) in [6.45, 7) is 8.05. The molecule has 0 aliphatic carbocycles. The minimum Gasteiger partial charge on any atom is -0.465 e. The Kier molecular flexibility index (Phi) is 6.26. The lowest BCUT2D eigenvalue weighted by atomic mass is 9.77. The van der Waals surface area contributed by atoms with Crippen molar-refractivity contribution >= 4 is 41.5 Å². The highest BCUT2D eigenvalue weighted by molar-refractivity contribution is 6.62. The van der Waals surface area contributed by atoms with Crippen LogP contribution in [0.1, 0.15) is 55.1 Å². The molecule has 0 saturated carbocycles. The first-order chi connectivity index (χ1) is 17.6. The van der Waals surface area contributed by atoms with Crippen LogP contribution in [0.3, 0.4) is 0 Å². The summed E-state index contributed by atoms with van der Waals surface area (Å²) in [5, 5.41) is 3.03. The van der Waals surface area contributed by atoms with Crippen molar-refractivity contribution in [2.75, 3.05) is 12.4 Å². The number of amides is 1. The van der Waals surface area contributed by atoms with Crippen molar-refractivity contribution in [3.05, 3.63) is 89.5 Å². The molecule has 0 aromatic heterocycles. The molecule has 1 saturated heterocycles. The van der Waals surface area contributed by atoms with Gasteiger partial charge in [-0.15, -0.1) is 0 Å². The lowest BCUT2D eigenvalue weighted by Gasteiger charge is -2.32. The molecule has 2 heterocycles. The third-order valence-corrected chi connectivity index (χ3v) is 7.31. The van der Waals surface area contributed by atoms with Crippen LogP contribution >= 0.6 is 0 Å². The quantitative estimate of drug-likeness (QED) is 0.316. The topological polar surface area (TPSA) is 86.2 Å². The van der Waals surface area contributed by atoms with Crippen LogP contribution < -0.4 is 10.8 Å². The van der Waals surface area contributed by atoms with E-state index >= 15 is 0 Å². The van der Waals surface area contributed by atoms with Gasteiger partial charge in [0.05, 0.1) is 35.3 Å². The number of ether oxygens (including phenoxy) is 1. The van der Waals surface area contributed by atoms with Crippen molar-refractivity contribution in [1.29, 1.82) is 0 Å². The Balaban J connectivity index is 1.52. The summed E-state index contributed by atoms with van der Waals surface area (Å²) in [5.41, 5.74) is 3.98. The Bertz CT molecular complexity index is 1370. The van der Waals surface area contributed by atoms with E-state index in [-0.39, 0.29) is 5.91 Å². The third-order valence-electron chi connectivity index (χ3n) is 7.31. The molecule has 1 N–H and O–H groups in total. The van der Waals surface area contributed by atoms with Crippen LogP contribution in [0.25, 0.3) is 0 Å². The molecule has 3 aromatic rings. The van der Waals surface area contributed by atoms with E-state index in [9.17, 15) is 9.59 Å². The van der Waals surface area contributed by atoms with Gasteiger partial charge in [0.1, 0.15) is 5.92 Å². The second-order valence-electron chi connectivity index (χ2n) is 10.3. The Morgan fingerprint density at radius 3 is 2.19 bits per heavy atom. The zero-order valence-corrected chi connectivity index (χ0v) is 21.6. The van der Waals surface area contributed by atoms with E-state index in [4.69, 9.17) is 19.0 Å². The number of esters is 1. The second-order valence-corrected chi connectivity index (χ2v) is 10.3. The summed E-state index contributed by atoms with van der Waals surface area (Å²) in [5.74, 6) is -1.18. The van der Waals surface area contributed by atoms with Crippen LogP contribution in [0.5, 0.6) is 0 Å². The van der Waals surface area contributed by atoms with Gasteiger partial charge in [-0.25, -0.2) is 4.79 Å². The maximum atomic E-state index is 13.3. The van der Waals surface area contributed by atoms with Crippen molar-refractivity contribution < 1.29 is 23.6 Å². The number of hydrogen-bond donors (Lipinski definition) is 1. The van der Waals surface area contributed by atoms with Gasteiger partial charge >= 0.3 is 13.1 Å². The number of nitrogens with zero attached hydrogens (tertiary/aromatic N) is 1. The van der Waals surface area contributed by atoms with Crippen LogP contribution in [0.2, 0.25) is 0 Å². The lowest BCUT2D eigenvalue weighted by molar-refractivity contribution is -0.115. The predicted molar refractivity (Wildman–Crippen MR) is 144 cm³/mol. The number of nitrogens with one attached hydrogen (secondary N) is 1. The van der Waals surface area contributed by atoms with Crippen molar-refractivity contribution in [2.24, 2.45) is 4.99 Å². The van der Waals surface area contributed by atoms with Crippen LogP contribution in [0, 0.1) is 0 Å². The molecule has 188 valence electrons. The van der Waals surface area contributed by atoms with Gasteiger partial charge in [0.2, 0.25) is 5.91 Å². The Labute approximate surface area is 217 Å². The molecule has 2 aliphatic rings. The highest BCUT2D eigenvalue weighted by atomic mass is 16.7. The monoisotopic (exact) mass is 496 g/mol. The van der Waals surface area contributed by atoms with Crippen LogP contribution in [0.15, 0.2) is 77.8 Å². The Morgan fingerprint density at radius 1 is 0.919 bits per heavy atom. The zero-order valence-electron chi connectivity index (χ0n) is 21.6. The molecule has 0 radical (unpaired) electrons. The van der Waals surface area contributed by atoms with Gasteiger partial charge in [-0.2, -0.15) is 0 Å². The minimum absolute atomic E-state index is 0.158. The van der Waals surface area contributed by atoms with Crippen LogP contribution in [-0.2, 0) is 18.8 Å². The molecule has 1 unspecified atom stereocenters. The van der Waals surface area contributed by atoms with E-state index in [1.165, 1.54) is 7.11 Å². The Morgan fingerprint density at radius 2 is 1.57 bits per heavy atom. The van der Waals surface area contributed by atoms with E-state index in [1.807, 2.05) is 76.2 Å². The third kappa shape index (κ3) is 4.58. The fourth-order valence-corrected chi connectivity index (χ4v) is 4.51. The molecule has 5 rings (SSSR count). The van der Waals surface area contributed by atoms with Crippen molar-refractivity contribution in [3.8, 4) is 0 Å². The van der Waals surface area contributed by atoms with Crippen molar-refractivity contribution in [3.63, 3.8) is 0 Å². The molecule has 0 bridgehead atoms. The number of carbonyl (C=O) groups is 2. The van der Waals surface area contributed by atoms with Crippen molar-refractivity contribution in [2.45, 2.75) is 44.8 Å². The first-order valence-electron chi connectivity index (χ1n) is 12.2. The average molecular weight is 496 g/mol. The number of rotatable bonds is 5. The first kappa shape index (κ1) is 24.9. The van der Waals surface area contributed by atoms with Gasteiger partial charge in [-0.3, -0.25) is 9.79 Å². The SMILES string of the molecule is COC(=O)c1ccc(N=C(c2ccccc2)C2C(=O)Nc3cc(B4OC(C)(C)C(C)(C)O4)ccc32)cc1. The molecule has 2 aliphatic heterocycles. The van der Waals surface area contributed by atoms with Gasteiger partial charge in [0.25, 0.3) is 0 Å². The summed E-state index contributed by atoms with van der Waals surface area (Å²) in [6.07, 6.45) is 0. The molecular formula is C29H29BN2O5. The normalized spacial score (nSPS) is 19.9. The van der Waals surface area contributed by atoms with Crippen molar-refractivity contribution in [1.82, 2.24) is 0 Å². The number of methoxy groups -OCH3 is 1. The van der Waals surface area contributed by atoms with E-state index in [0.29, 0.717) is 22.6 Å². The standard InChI is InChI=1S/C29H29BN2O5/c1-28(2)29(3,4)37-30(36-28)20-13-16-22-23(17-20)32-26(33)24(22)25(18-9-7-6-8-10-18)31-21-14-11-19(12-15-21)27(34)35-5/h6-17,24H,1-5H3,(H,32,33). The molecule has 1 amide bonds. The van der Waals surface area contributed by atoms with Gasteiger partial charge in [0, 0.05) is 5.69 Å². The molecule has 37 heavy (non-hydrogen) atoms. The van der Waals surface area contributed by atoms with Gasteiger partial charge in [-0.1, -0.05) is 42.5 Å². The summed E-state index contributed by atoms with van der Waals surface area (Å²) in [6, 6.07) is 22.2. The number of benzene rings is 3. The molecule has 0 spiro atoms. The minimum atomic E-state index is -0.606. The van der Waals surface area contributed by atoms with Gasteiger partial charge in [0.15, 0.2) is 0 Å². The molecule has 7 nitrogen and oxygen atoms in total. The molecule has 3 aromatic carbocycles. The van der Waals surface area contributed by atoms with Gasteiger partial charge < -0.3 is 19.4 Å². The summed E-state index contributed by atoms with van der Waals surface area (Å²) in [7, 11) is 0.817.